The molecule has 0 radical (unpaired) electrons. The van der Waals surface area contributed by atoms with Gasteiger partial charge in [0.05, 0.1) is 0 Å². The summed E-state index contributed by atoms with van der Waals surface area (Å²) in [6.45, 7) is 1.23. The first-order chi connectivity index (χ1) is 10.0. The van der Waals surface area contributed by atoms with Gasteiger partial charge in [0.1, 0.15) is 0 Å². The van der Waals surface area contributed by atoms with Crippen LogP contribution in [0.2, 0.25) is 0 Å². The fraction of sp³-hybridized carbons (Fsp3) is 0.357. The zero-order valence-electron chi connectivity index (χ0n) is 11.1. The second-order valence-corrected chi connectivity index (χ2v) is 6.06. The van der Waals surface area contributed by atoms with E-state index in [1.165, 1.54) is 0 Å². The normalized spacial score (nSPS) is 18.7. The number of likely N-dealkylation sites (tertiary alicyclic amines) is 1. The van der Waals surface area contributed by atoms with Crippen LogP contribution in [-0.4, -0.2) is 53.9 Å². The number of cyclic esters (lactones) is 1. The number of hydrogen-bond acceptors (Lipinski definition) is 4. The largest absolute Gasteiger partial charge is 0.439 e. The number of carbonyl (C=O) groups excluding carboxylic acids is 3. The van der Waals surface area contributed by atoms with Gasteiger partial charge in [-0.15, -0.1) is 0 Å². The van der Waals surface area contributed by atoms with Crippen molar-refractivity contribution in [1.29, 1.82) is 0 Å². The van der Waals surface area contributed by atoms with Crippen LogP contribution >= 0.6 is 15.9 Å². The van der Waals surface area contributed by atoms with Crippen molar-refractivity contribution in [1.82, 2.24) is 9.80 Å². The van der Waals surface area contributed by atoms with Crippen LogP contribution < -0.4 is 0 Å². The molecule has 1 aromatic carbocycles. The number of nitrogens with zero attached hydrogens (tertiary/aromatic N) is 2. The van der Waals surface area contributed by atoms with E-state index in [4.69, 9.17) is 0 Å². The van der Waals surface area contributed by atoms with Crippen molar-refractivity contribution in [3.05, 3.63) is 34.3 Å². The van der Waals surface area contributed by atoms with Gasteiger partial charge in [-0.3, -0.25) is 9.59 Å². The van der Waals surface area contributed by atoms with E-state index in [2.05, 4.69) is 20.7 Å². The lowest BCUT2D eigenvalue weighted by molar-refractivity contribution is -0.126. The molecule has 2 fully saturated rings. The van der Waals surface area contributed by atoms with Crippen molar-refractivity contribution in [3.63, 3.8) is 0 Å². The second-order valence-electron chi connectivity index (χ2n) is 5.15. The lowest BCUT2D eigenvalue weighted by atomic mass is 9.98. The number of ether oxygens (including phenoxy) is 1. The molecule has 3 amide bonds. The molecule has 6 nitrogen and oxygen atoms in total. The van der Waals surface area contributed by atoms with Gasteiger partial charge in [0, 0.05) is 35.6 Å². The molecule has 0 atom stereocenters. The molecule has 0 bridgehead atoms. The molecule has 2 aliphatic rings. The minimum absolute atomic E-state index is 0.0390. The van der Waals surface area contributed by atoms with Crippen molar-refractivity contribution in [2.45, 2.75) is 0 Å². The highest BCUT2D eigenvalue weighted by atomic mass is 79.9. The van der Waals surface area contributed by atoms with Crippen LogP contribution in [0.3, 0.4) is 0 Å². The van der Waals surface area contributed by atoms with Gasteiger partial charge < -0.3 is 9.64 Å². The van der Waals surface area contributed by atoms with Crippen molar-refractivity contribution in [2.75, 3.05) is 26.2 Å². The molecule has 2 aliphatic heterocycles. The second kappa shape index (κ2) is 5.48. The molecule has 0 N–H and O–H groups in total. The number of imide groups is 1. The lowest BCUT2D eigenvalue weighted by Crippen LogP contribution is -2.54. The van der Waals surface area contributed by atoms with Gasteiger partial charge in [0.2, 0.25) is 0 Å². The predicted octanol–water partition coefficient (Wildman–Crippen LogP) is 1.50. The van der Waals surface area contributed by atoms with Crippen molar-refractivity contribution in [2.24, 2.45) is 5.92 Å². The Hall–Kier alpha value is -1.89. The van der Waals surface area contributed by atoms with Crippen LogP contribution in [0, 0.1) is 5.92 Å². The summed E-state index contributed by atoms with van der Waals surface area (Å²) < 4.78 is 5.51. The molecule has 2 heterocycles. The monoisotopic (exact) mass is 352 g/mol. The minimum atomic E-state index is -0.586. The molecule has 7 heteroatoms. The van der Waals surface area contributed by atoms with Gasteiger partial charge in [-0.1, -0.05) is 22.0 Å². The Morgan fingerprint density at radius 3 is 2.71 bits per heavy atom. The Kier molecular flexibility index (Phi) is 3.67. The van der Waals surface area contributed by atoms with Crippen molar-refractivity contribution in [3.8, 4) is 0 Å². The summed E-state index contributed by atoms with van der Waals surface area (Å²) in [5, 5.41) is 0. The molecule has 1 aromatic rings. The van der Waals surface area contributed by atoms with E-state index in [9.17, 15) is 14.4 Å². The molecule has 0 saturated carbocycles. The topological polar surface area (TPSA) is 66.9 Å². The van der Waals surface area contributed by atoms with E-state index in [0.717, 1.165) is 9.37 Å². The first kappa shape index (κ1) is 14.1. The van der Waals surface area contributed by atoms with Gasteiger partial charge >= 0.3 is 6.09 Å². The molecule has 0 spiro atoms. The Labute approximate surface area is 129 Å². The van der Waals surface area contributed by atoms with Crippen LogP contribution in [0.25, 0.3) is 0 Å². The van der Waals surface area contributed by atoms with E-state index < -0.39 is 6.09 Å². The van der Waals surface area contributed by atoms with Crippen LogP contribution in [0.5, 0.6) is 0 Å². The number of rotatable bonds is 3. The fourth-order valence-electron chi connectivity index (χ4n) is 2.47. The molecular weight excluding hydrogens is 340 g/mol. The fourth-order valence-corrected chi connectivity index (χ4v) is 2.87. The number of halogens is 1. The van der Waals surface area contributed by atoms with Gasteiger partial charge in [0.25, 0.3) is 11.8 Å². The summed E-state index contributed by atoms with van der Waals surface area (Å²) >= 11 is 3.34. The number of hydrogen-bond donors (Lipinski definition) is 0. The summed E-state index contributed by atoms with van der Waals surface area (Å²) in [6, 6.07) is 7.21. The predicted molar refractivity (Wildman–Crippen MR) is 76.6 cm³/mol. The average molecular weight is 353 g/mol. The molecule has 0 unspecified atom stereocenters. The average Bonchev–Trinajstić information content (AvgIpc) is 2.72. The molecule has 110 valence electrons. The van der Waals surface area contributed by atoms with Gasteiger partial charge in [-0.2, -0.15) is 0 Å². The standard InChI is InChI=1S/C14H13BrN2O4/c15-11-3-1-2-10(4-11)13(19)16-5-9(6-16)7-17-12(18)8-21-14(17)20/h1-4,9H,5-8H2. The SMILES string of the molecule is O=C(c1cccc(Br)c1)N1CC(CN2C(=O)COC2=O)C1. The lowest BCUT2D eigenvalue weighted by Gasteiger charge is -2.40. The molecular formula is C14H13BrN2O4. The Bertz CT molecular complexity index is 597. The third kappa shape index (κ3) is 2.78. The number of carbonyl (C=O) groups is 3. The highest BCUT2D eigenvalue weighted by Crippen LogP contribution is 2.22. The van der Waals surface area contributed by atoms with Crippen LogP contribution in [0.15, 0.2) is 28.7 Å². The first-order valence-electron chi connectivity index (χ1n) is 6.56. The van der Waals surface area contributed by atoms with Crippen LogP contribution in [-0.2, 0) is 9.53 Å². The molecule has 0 aromatic heterocycles. The summed E-state index contributed by atoms with van der Waals surface area (Å²) in [5.74, 6) is -0.227. The maximum atomic E-state index is 12.2. The van der Waals surface area contributed by atoms with Crippen molar-refractivity contribution >= 4 is 33.8 Å². The van der Waals surface area contributed by atoms with Crippen LogP contribution in [0.4, 0.5) is 4.79 Å². The number of benzene rings is 1. The minimum Gasteiger partial charge on any atom is -0.439 e. The van der Waals surface area contributed by atoms with Crippen LogP contribution in [0.1, 0.15) is 10.4 Å². The smallest absolute Gasteiger partial charge is 0.417 e. The van der Waals surface area contributed by atoms with E-state index in [-0.39, 0.29) is 24.3 Å². The first-order valence-corrected chi connectivity index (χ1v) is 7.36. The van der Waals surface area contributed by atoms with Gasteiger partial charge in [-0.25, -0.2) is 9.69 Å². The third-order valence-electron chi connectivity index (χ3n) is 3.60. The zero-order valence-corrected chi connectivity index (χ0v) is 12.7. The molecule has 2 saturated heterocycles. The van der Waals surface area contributed by atoms with E-state index in [0.29, 0.717) is 25.2 Å². The Morgan fingerprint density at radius 2 is 2.10 bits per heavy atom. The van der Waals surface area contributed by atoms with Crippen molar-refractivity contribution < 1.29 is 19.1 Å². The number of amides is 3. The maximum absolute atomic E-state index is 12.2. The van der Waals surface area contributed by atoms with Gasteiger partial charge in [-0.05, 0) is 18.2 Å². The molecule has 0 aliphatic carbocycles. The summed E-state index contributed by atoms with van der Waals surface area (Å²) in [4.78, 5) is 37.8. The summed E-state index contributed by atoms with van der Waals surface area (Å²) in [7, 11) is 0. The van der Waals surface area contributed by atoms with E-state index in [1.807, 2.05) is 12.1 Å². The van der Waals surface area contributed by atoms with E-state index in [1.54, 1.807) is 17.0 Å². The molecule has 3 rings (SSSR count). The third-order valence-corrected chi connectivity index (χ3v) is 4.09. The highest BCUT2D eigenvalue weighted by Gasteiger charge is 2.38. The zero-order chi connectivity index (χ0) is 15.0. The highest BCUT2D eigenvalue weighted by molar-refractivity contribution is 9.10. The molecule has 21 heavy (non-hydrogen) atoms. The summed E-state index contributed by atoms with van der Waals surface area (Å²) in [5.41, 5.74) is 0.625. The van der Waals surface area contributed by atoms with E-state index >= 15 is 0 Å². The maximum Gasteiger partial charge on any atom is 0.417 e. The quantitative estimate of drug-likeness (QED) is 0.826. The summed E-state index contributed by atoms with van der Waals surface area (Å²) in [6.07, 6.45) is -0.586. The Morgan fingerprint density at radius 1 is 1.33 bits per heavy atom. The Balaban J connectivity index is 1.55. The van der Waals surface area contributed by atoms with Gasteiger partial charge in [0.15, 0.2) is 6.61 Å².